The largest absolute Gasteiger partial charge is 0.497 e. The zero-order chi connectivity index (χ0) is 20.1. The summed E-state index contributed by atoms with van der Waals surface area (Å²) in [7, 11) is 7.30. The molecule has 6 nitrogen and oxygen atoms in total. The molecule has 1 aromatic heterocycles. The van der Waals surface area contributed by atoms with E-state index in [2.05, 4.69) is 4.90 Å². The summed E-state index contributed by atoms with van der Waals surface area (Å²) in [5, 5.41) is 0.697. The van der Waals surface area contributed by atoms with Gasteiger partial charge in [-0.05, 0) is 63.5 Å². The summed E-state index contributed by atoms with van der Waals surface area (Å²) in [5.41, 5.74) is 1.45. The van der Waals surface area contributed by atoms with Gasteiger partial charge in [-0.3, -0.25) is 9.69 Å². The molecule has 0 atom stereocenters. The lowest BCUT2D eigenvalue weighted by Crippen LogP contribution is -2.33. The zero-order valence-electron chi connectivity index (χ0n) is 16.6. The van der Waals surface area contributed by atoms with Crippen LogP contribution in [0.25, 0.3) is 10.2 Å². The minimum atomic E-state index is -0.0626. The minimum absolute atomic E-state index is 0.0626. The van der Waals surface area contributed by atoms with Gasteiger partial charge in [0, 0.05) is 18.2 Å². The van der Waals surface area contributed by atoms with Crippen molar-refractivity contribution in [2.24, 2.45) is 0 Å². The Morgan fingerprint density at radius 3 is 2.32 bits per heavy atom. The lowest BCUT2D eigenvalue weighted by atomic mass is 10.2. The minimum Gasteiger partial charge on any atom is -0.497 e. The van der Waals surface area contributed by atoms with Crippen molar-refractivity contribution < 1.29 is 14.3 Å². The van der Waals surface area contributed by atoms with Crippen molar-refractivity contribution in [3.63, 3.8) is 0 Å². The molecule has 0 saturated carbocycles. The van der Waals surface area contributed by atoms with E-state index in [4.69, 9.17) is 14.5 Å². The fourth-order valence-electron chi connectivity index (χ4n) is 2.86. The highest BCUT2D eigenvalue weighted by atomic mass is 32.1. The Morgan fingerprint density at radius 2 is 1.68 bits per heavy atom. The molecule has 1 heterocycles. The Hall–Kier alpha value is -2.64. The van der Waals surface area contributed by atoms with Crippen LogP contribution in [0.15, 0.2) is 42.5 Å². The molecular formula is C21H25N3O3S. The molecular weight excluding hydrogens is 374 g/mol. The number of ether oxygens (including phenoxy) is 2. The number of carbonyl (C=O) groups is 1. The molecule has 0 fully saturated rings. The van der Waals surface area contributed by atoms with Gasteiger partial charge in [0.1, 0.15) is 11.5 Å². The number of methoxy groups -OCH3 is 2. The Labute approximate surface area is 169 Å². The van der Waals surface area contributed by atoms with Crippen molar-refractivity contribution in [2.45, 2.75) is 6.42 Å². The topological polar surface area (TPSA) is 54.9 Å². The van der Waals surface area contributed by atoms with Crippen molar-refractivity contribution in [1.29, 1.82) is 0 Å². The normalized spacial score (nSPS) is 11.0. The number of hydrogen-bond donors (Lipinski definition) is 0. The second-order valence-corrected chi connectivity index (χ2v) is 7.68. The zero-order valence-corrected chi connectivity index (χ0v) is 17.5. The molecule has 0 aliphatic rings. The first-order valence-corrected chi connectivity index (χ1v) is 9.88. The standard InChI is InChI=1S/C21H25N3O3S/c1-23(2)12-5-13-24(20(25)15-6-8-16(26-3)9-7-15)21-22-18-14-17(27-4)10-11-19(18)28-21/h6-11,14H,5,12-13H2,1-4H3. The number of nitrogens with zero attached hydrogens (tertiary/aromatic N) is 3. The predicted octanol–water partition coefficient (Wildman–Crippen LogP) is 3.91. The molecule has 0 radical (unpaired) electrons. The van der Waals surface area contributed by atoms with Crippen molar-refractivity contribution in [2.75, 3.05) is 46.3 Å². The number of thiazole rings is 1. The molecule has 28 heavy (non-hydrogen) atoms. The summed E-state index contributed by atoms with van der Waals surface area (Å²) in [4.78, 5) is 21.8. The van der Waals surface area contributed by atoms with Crippen molar-refractivity contribution in [3.8, 4) is 11.5 Å². The number of anilines is 1. The third kappa shape index (κ3) is 4.61. The van der Waals surface area contributed by atoms with Crippen molar-refractivity contribution >= 4 is 32.6 Å². The number of benzene rings is 2. The average molecular weight is 400 g/mol. The van der Waals surface area contributed by atoms with E-state index in [9.17, 15) is 4.79 Å². The molecule has 3 aromatic rings. The number of hydrogen-bond acceptors (Lipinski definition) is 6. The average Bonchev–Trinajstić information content (AvgIpc) is 3.13. The van der Waals surface area contributed by atoms with Gasteiger partial charge in [-0.15, -0.1) is 0 Å². The quantitative estimate of drug-likeness (QED) is 0.575. The lowest BCUT2D eigenvalue weighted by molar-refractivity contribution is 0.0986. The van der Waals surface area contributed by atoms with Crippen LogP contribution in [0.3, 0.4) is 0 Å². The van der Waals surface area contributed by atoms with Crippen molar-refractivity contribution in [3.05, 3.63) is 48.0 Å². The second kappa shape index (κ2) is 9.03. The molecule has 3 rings (SSSR count). The Bertz CT molecular complexity index is 938. The highest BCUT2D eigenvalue weighted by Gasteiger charge is 2.21. The van der Waals surface area contributed by atoms with Crippen LogP contribution in [-0.4, -0.2) is 57.2 Å². The van der Waals surface area contributed by atoms with Crippen LogP contribution in [0, 0.1) is 0 Å². The summed E-state index contributed by atoms with van der Waals surface area (Å²) in [6.07, 6.45) is 0.855. The molecule has 0 N–H and O–H groups in total. The first-order chi connectivity index (χ1) is 13.5. The van der Waals surface area contributed by atoms with Crippen LogP contribution < -0.4 is 14.4 Å². The van der Waals surface area contributed by atoms with Crippen LogP contribution in [-0.2, 0) is 0 Å². The van der Waals surface area contributed by atoms with Gasteiger partial charge in [-0.2, -0.15) is 0 Å². The van der Waals surface area contributed by atoms with E-state index in [0.29, 0.717) is 17.2 Å². The summed E-state index contributed by atoms with van der Waals surface area (Å²) in [5.74, 6) is 1.42. The SMILES string of the molecule is COc1ccc(C(=O)N(CCCN(C)C)c2nc3cc(OC)ccc3s2)cc1. The monoisotopic (exact) mass is 399 g/mol. The molecule has 2 aromatic carbocycles. The maximum atomic E-state index is 13.2. The molecule has 0 aliphatic heterocycles. The lowest BCUT2D eigenvalue weighted by Gasteiger charge is -2.21. The van der Waals surface area contributed by atoms with Crippen LogP contribution in [0.4, 0.5) is 5.13 Å². The summed E-state index contributed by atoms with van der Waals surface area (Å²) in [6, 6.07) is 13.0. The molecule has 0 spiro atoms. The molecule has 0 bridgehead atoms. The van der Waals surface area contributed by atoms with Crippen LogP contribution >= 0.6 is 11.3 Å². The van der Waals surface area contributed by atoms with Gasteiger partial charge in [0.15, 0.2) is 5.13 Å². The van der Waals surface area contributed by atoms with Crippen LogP contribution in [0.5, 0.6) is 11.5 Å². The Balaban J connectivity index is 1.92. The third-order valence-corrected chi connectivity index (χ3v) is 5.44. The number of aromatic nitrogens is 1. The molecule has 7 heteroatoms. The van der Waals surface area contributed by atoms with E-state index in [1.54, 1.807) is 43.4 Å². The van der Waals surface area contributed by atoms with Gasteiger partial charge in [0.2, 0.25) is 0 Å². The van der Waals surface area contributed by atoms with Gasteiger partial charge in [0.25, 0.3) is 5.91 Å². The molecule has 0 saturated heterocycles. The van der Waals surface area contributed by atoms with Gasteiger partial charge in [0.05, 0.1) is 24.4 Å². The molecule has 0 aliphatic carbocycles. The summed E-state index contributed by atoms with van der Waals surface area (Å²) < 4.78 is 11.5. The predicted molar refractivity (Wildman–Crippen MR) is 114 cm³/mol. The smallest absolute Gasteiger partial charge is 0.260 e. The number of fused-ring (bicyclic) bond motifs is 1. The van der Waals surface area contributed by atoms with Gasteiger partial charge >= 0.3 is 0 Å². The second-order valence-electron chi connectivity index (χ2n) is 6.67. The fraction of sp³-hybridized carbons (Fsp3) is 0.333. The highest BCUT2D eigenvalue weighted by molar-refractivity contribution is 7.22. The van der Waals surface area contributed by atoms with Crippen molar-refractivity contribution in [1.82, 2.24) is 9.88 Å². The van der Waals surface area contributed by atoms with E-state index in [1.807, 2.05) is 32.3 Å². The van der Waals surface area contributed by atoms with Crippen LogP contribution in [0.2, 0.25) is 0 Å². The molecule has 1 amide bonds. The van der Waals surface area contributed by atoms with Crippen LogP contribution in [0.1, 0.15) is 16.8 Å². The number of rotatable bonds is 8. The first-order valence-electron chi connectivity index (χ1n) is 9.07. The van der Waals surface area contributed by atoms with Gasteiger partial charge < -0.3 is 14.4 Å². The highest BCUT2D eigenvalue weighted by Crippen LogP contribution is 2.32. The Kier molecular flexibility index (Phi) is 6.49. The van der Waals surface area contributed by atoms with E-state index >= 15 is 0 Å². The maximum absolute atomic E-state index is 13.2. The number of amides is 1. The number of carbonyl (C=O) groups excluding carboxylic acids is 1. The van der Waals surface area contributed by atoms with Gasteiger partial charge in [-0.25, -0.2) is 4.98 Å². The maximum Gasteiger partial charge on any atom is 0.260 e. The fourth-order valence-corrected chi connectivity index (χ4v) is 3.83. The Morgan fingerprint density at radius 1 is 1.00 bits per heavy atom. The molecule has 148 valence electrons. The third-order valence-electron chi connectivity index (χ3n) is 4.38. The summed E-state index contributed by atoms with van der Waals surface area (Å²) in [6.45, 7) is 1.49. The van der Waals surface area contributed by atoms with E-state index in [-0.39, 0.29) is 5.91 Å². The van der Waals surface area contributed by atoms with E-state index in [1.165, 1.54) is 11.3 Å². The molecule has 0 unspecified atom stereocenters. The first kappa shape index (κ1) is 20.1. The summed E-state index contributed by atoms with van der Waals surface area (Å²) >= 11 is 1.51. The van der Waals surface area contributed by atoms with E-state index in [0.717, 1.165) is 34.7 Å². The van der Waals surface area contributed by atoms with Gasteiger partial charge in [-0.1, -0.05) is 11.3 Å². The van der Waals surface area contributed by atoms with E-state index < -0.39 is 0 Å².